The molecule has 1 N–H and O–H groups in total. The first-order valence-corrected chi connectivity index (χ1v) is 11.8. The van der Waals surface area contributed by atoms with E-state index in [1.807, 2.05) is 18.2 Å². The van der Waals surface area contributed by atoms with E-state index in [4.69, 9.17) is 0 Å². The second-order valence-electron chi connectivity index (χ2n) is 9.20. The number of sulfonamides is 1. The lowest BCUT2D eigenvalue weighted by molar-refractivity contribution is 0.121. The summed E-state index contributed by atoms with van der Waals surface area (Å²) >= 11 is 0. The Bertz CT molecular complexity index is 872. The van der Waals surface area contributed by atoms with E-state index in [1.54, 1.807) is 6.07 Å². The van der Waals surface area contributed by atoms with E-state index < -0.39 is 10.0 Å². The maximum Gasteiger partial charge on any atom is 0.229 e. The van der Waals surface area contributed by atoms with Gasteiger partial charge in [0.2, 0.25) is 10.0 Å². The van der Waals surface area contributed by atoms with Crippen molar-refractivity contribution in [2.75, 3.05) is 30.6 Å². The van der Waals surface area contributed by atoms with Gasteiger partial charge in [0.15, 0.2) is 0 Å². The first-order valence-electron chi connectivity index (χ1n) is 9.87. The summed E-state index contributed by atoms with van der Waals surface area (Å²) in [4.78, 5) is 2.46. The van der Waals surface area contributed by atoms with Gasteiger partial charge in [-0.15, -0.1) is 0 Å². The number of nitrogens with zero attached hydrogens (tertiary/aromatic N) is 1. The predicted octanol–water partition coefficient (Wildman–Crippen LogP) is 4.26. The van der Waals surface area contributed by atoms with Crippen LogP contribution in [-0.2, 0) is 15.4 Å². The van der Waals surface area contributed by atoms with E-state index in [2.05, 4.69) is 68.2 Å². The molecule has 2 rings (SSSR count). The Kier molecular flexibility index (Phi) is 7.01. The molecule has 0 unspecified atom stereocenters. The lowest BCUT2D eigenvalue weighted by atomic mass is 9.68. The van der Waals surface area contributed by atoms with Gasteiger partial charge in [0, 0.05) is 24.2 Å². The molecule has 28 heavy (non-hydrogen) atoms. The molecule has 2 atom stereocenters. The van der Waals surface area contributed by atoms with E-state index in [0.29, 0.717) is 11.6 Å². The van der Waals surface area contributed by atoms with Crippen LogP contribution < -0.4 is 4.72 Å². The summed E-state index contributed by atoms with van der Waals surface area (Å²) in [6.45, 7) is 13.9. The molecule has 1 heterocycles. The fourth-order valence-electron chi connectivity index (χ4n) is 3.58. The van der Waals surface area contributed by atoms with Crippen molar-refractivity contribution < 1.29 is 8.42 Å². The zero-order valence-electron chi connectivity index (χ0n) is 18.0. The Morgan fingerprint density at radius 3 is 2.68 bits per heavy atom. The Morgan fingerprint density at radius 2 is 2.07 bits per heavy atom. The van der Waals surface area contributed by atoms with Crippen molar-refractivity contribution in [3.63, 3.8) is 0 Å². The highest BCUT2D eigenvalue weighted by Crippen LogP contribution is 2.40. The summed E-state index contributed by atoms with van der Waals surface area (Å²) in [7, 11) is -3.27. The van der Waals surface area contributed by atoms with Gasteiger partial charge in [-0.3, -0.25) is 9.62 Å². The van der Waals surface area contributed by atoms with Crippen LogP contribution in [-0.4, -0.2) is 39.2 Å². The number of rotatable bonds is 5. The number of piperidine rings is 1. The highest BCUT2D eigenvalue weighted by molar-refractivity contribution is 7.92. The van der Waals surface area contributed by atoms with Crippen molar-refractivity contribution in [1.82, 2.24) is 4.90 Å². The van der Waals surface area contributed by atoms with Crippen LogP contribution in [0.4, 0.5) is 5.69 Å². The lowest BCUT2D eigenvalue weighted by Crippen LogP contribution is -2.47. The number of anilines is 1. The van der Waals surface area contributed by atoms with E-state index >= 15 is 0 Å². The minimum Gasteiger partial charge on any atom is -0.299 e. The lowest BCUT2D eigenvalue weighted by Gasteiger charge is -2.45. The fourth-order valence-corrected chi connectivity index (χ4v) is 4.14. The van der Waals surface area contributed by atoms with E-state index in [-0.39, 0.29) is 10.8 Å². The Labute approximate surface area is 171 Å². The third-order valence-corrected chi connectivity index (χ3v) is 6.01. The Hall–Kier alpha value is -1.77. The van der Waals surface area contributed by atoms with Gasteiger partial charge >= 0.3 is 0 Å². The van der Waals surface area contributed by atoms with Crippen LogP contribution in [0.3, 0.4) is 0 Å². The smallest absolute Gasteiger partial charge is 0.229 e. The normalized spacial score (nSPS) is 24.0. The van der Waals surface area contributed by atoms with Crippen LogP contribution in [0.25, 0.3) is 0 Å². The third-order valence-electron chi connectivity index (χ3n) is 5.40. The number of hydrogen-bond acceptors (Lipinski definition) is 3. The average molecular weight is 403 g/mol. The minimum atomic E-state index is -3.27. The first-order chi connectivity index (χ1) is 12.9. The molecule has 1 aromatic carbocycles. The summed E-state index contributed by atoms with van der Waals surface area (Å²) < 4.78 is 25.7. The summed E-state index contributed by atoms with van der Waals surface area (Å²) in [6, 6.07) is 7.83. The van der Waals surface area contributed by atoms with Crippen molar-refractivity contribution in [2.24, 2.45) is 11.3 Å². The van der Waals surface area contributed by atoms with Crippen LogP contribution in [0.2, 0.25) is 0 Å². The molecule has 0 aromatic heterocycles. The van der Waals surface area contributed by atoms with E-state index in [0.717, 1.165) is 26.1 Å². The van der Waals surface area contributed by atoms with Gasteiger partial charge in [-0.1, -0.05) is 43.9 Å². The molecule has 0 spiro atoms. The highest BCUT2D eigenvalue weighted by Gasteiger charge is 2.37. The molecular formula is C23H34N2O2S. The van der Waals surface area contributed by atoms with Crippen molar-refractivity contribution in [1.29, 1.82) is 0 Å². The van der Waals surface area contributed by atoms with Gasteiger partial charge in [0.05, 0.1) is 6.26 Å². The predicted molar refractivity (Wildman–Crippen MR) is 119 cm³/mol. The molecule has 1 aromatic rings. The van der Waals surface area contributed by atoms with Crippen molar-refractivity contribution >= 4 is 15.7 Å². The van der Waals surface area contributed by atoms with Crippen molar-refractivity contribution in [3.05, 3.63) is 42.0 Å². The number of allylic oxidation sites excluding steroid dienone is 1. The molecule has 0 bridgehead atoms. The number of benzene rings is 1. The van der Waals surface area contributed by atoms with Gasteiger partial charge in [0.1, 0.15) is 0 Å². The quantitative estimate of drug-likeness (QED) is 0.749. The minimum absolute atomic E-state index is 0.0292. The molecule has 5 heteroatoms. The van der Waals surface area contributed by atoms with Gasteiger partial charge in [-0.25, -0.2) is 8.42 Å². The largest absolute Gasteiger partial charge is 0.299 e. The molecule has 0 aliphatic carbocycles. The van der Waals surface area contributed by atoms with Gasteiger partial charge < -0.3 is 0 Å². The topological polar surface area (TPSA) is 49.4 Å². The van der Waals surface area contributed by atoms with Crippen molar-refractivity contribution in [2.45, 2.75) is 46.5 Å². The molecule has 1 saturated heterocycles. The summed E-state index contributed by atoms with van der Waals surface area (Å²) in [5.74, 6) is 6.81. The standard InChI is InChI=1S/C23H34N2O2S/c1-19-18-25(15-9-7-8-13-22(2,3)4)16-14-23(19,5)20-11-10-12-21(17-20)24-28(6,26)27/h7,9-12,17,19,24H,14-16,18H2,1-6H3/b9-7-/t19-,23-/m0/s1. The number of nitrogens with one attached hydrogen (secondary N) is 1. The third kappa shape index (κ3) is 6.68. The second kappa shape index (κ2) is 8.71. The maximum absolute atomic E-state index is 11.5. The molecule has 154 valence electrons. The molecule has 0 radical (unpaired) electrons. The van der Waals surface area contributed by atoms with Gasteiger partial charge in [0.25, 0.3) is 0 Å². The monoisotopic (exact) mass is 402 g/mol. The molecule has 4 nitrogen and oxygen atoms in total. The van der Waals surface area contributed by atoms with Gasteiger partial charge in [-0.2, -0.15) is 0 Å². The Morgan fingerprint density at radius 1 is 1.36 bits per heavy atom. The molecule has 1 aliphatic heterocycles. The molecular weight excluding hydrogens is 368 g/mol. The van der Waals surface area contributed by atoms with Crippen LogP contribution in [0.15, 0.2) is 36.4 Å². The SMILES string of the molecule is C[C@H]1CN(C/C=C\C#CC(C)(C)C)CC[C@]1(C)c1cccc(NS(C)(=O)=O)c1. The summed E-state index contributed by atoms with van der Waals surface area (Å²) in [5.41, 5.74) is 1.89. The summed E-state index contributed by atoms with van der Waals surface area (Å²) in [5, 5.41) is 0. The van der Waals surface area contributed by atoms with Crippen molar-refractivity contribution in [3.8, 4) is 11.8 Å². The Balaban J connectivity index is 2.03. The molecule has 0 saturated carbocycles. The van der Waals surface area contributed by atoms with E-state index in [9.17, 15) is 8.42 Å². The van der Waals surface area contributed by atoms with Crippen LogP contribution in [0, 0.1) is 23.2 Å². The molecule has 0 amide bonds. The highest BCUT2D eigenvalue weighted by atomic mass is 32.2. The van der Waals surface area contributed by atoms with Gasteiger partial charge in [-0.05, 0) is 68.8 Å². The molecule has 1 fully saturated rings. The zero-order valence-corrected chi connectivity index (χ0v) is 18.9. The number of hydrogen-bond donors (Lipinski definition) is 1. The maximum atomic E-state index is 11.5. The fraction of sp³-hybridized carbons (Fsp3) is 0.565. The average Bonchev–Trinajstić information content (AvgIpc) is 2.55. The summed E-state index contributed by atoms with van der Waals surface area (Å²) in [6.07, 6.45) is 6.33. The number of likely N-dealkylation sites (tertiary alicyclic amines) is 1. The van der Waals surface area contributed by atoms with Crippen LogP contribution in [0.1, 0.15) is 46.6 Å². The first kappa shape index (κ1) is 22.5. The molecule has 1 aliphatic rings. The van der Waals surface area contributed by atoms with E-state index in [1.165, 1.54) is 11.8 Å². The second-order valence-corrected chi connectivity index (χ2v) is 11.0. The van der Waals surface area contributed by atoms with Crippen LogP contribution >= 0.6 is 0 Å². The zero-order chi connectivity index (χ0) is 21.0. The van der Waals surface area contributed by atoms with Crippen LogP contribution in [0.5, 0.6) is 0 Å².